The number of hydrogen-bond donors (Lipinski definition) is 0. The molecule has 2 aliphatic rings. The molecule has 21 heavy (non-hydrogen) atoms. The van der Waals surface area contributed by atoms with Crippen LogP contribution >= 0.6 is 0 Å². The summed E-state index contributed by atoms with van der Waals surface area (Å²) in [7, 11) is 1.71. The molecule has 1 aliphatic carbocycles. The normalized spacial score (nSPS) is 22.5. The molecule has 2 heterocycles. The summed E-state index contributed by atoms with van der Waals surface area (Å²) in [6, 6.07) is 0. The average Bonchev–Trinajstić information content (AvgIpc) is 3.10. The van der Waals surface area contributed by atoms with Crippen LogP contribution in [0, 0.1) is 0 Å². The molecule has 0 atom stereocenters. The maximum atomic E-state index is 12.0. The summed E-state index contributed by atoms with van der Waals surface area (Å²) < 4.78 is 11.0. The zero-order chi connectivity index (χ0) is 14.7. The number of methoxy groups -OCH3 is 1. The Balaban J connectivity index is 1.71. The highest BCUT2D eigenvalue weighted by atomic mass is 16.5. The second kappa shape index (κ2) is 6.13. The van der Waals surface area contributed by atoms with E-state index in [-0.39, 0.29) is 11.5 Å². The highest BCUT2D eigenvalue weighted by Gasteiger charge is 2.40. The van der Waals surface area contributed by atoms with Gasteiger partial charge in [0.2, 0.25) is 17.6 Å². The van der Waals surface area contributed by atoms with E-state index in [2.05, 4.69) is 10.1 Å². The lowest BCUT2D eigenvalue weighted by molar-refractivity contribution is -0.131. The third-order valence-corrected chi connectivity index (χ3v) is 4.68. The van der Waals surface area contributed by atoms with Crippen molar-refractivity contribution in [3.63, 3.8) is 0 Å². The summed E-state index contributed by atoms with van der Waals surface area (Å²) in [6.45, 7) is 1.21. The van der Waals surface area contributed by atoms with Crippen molar-refractivity contribution in [2.24, 2.45) is 0 Å². The van der Waals surface area contributed by atoms with Gasteiger partial charge in [0.15, 0.2) is 0 Å². The zero-order valence-corrected chi connectivity index (χ0v) is 12.6. The van der Waals surface area contributed by atoms with Gasteiger partial charge in [0.05, 0.1) is 6.54 Å². The quantitative estimate of drug-likeness (QED) is 0.852. The van der Waals surface area contributed by atoms with Gasteiger partial charge in [-0.1, -0.05) is 11.6 Å². The Labute approximate surface area is 124 Å². The molecule has 1 aromatic heterocycles. The fourth-order valence-corrected chi connectivity index (χ4v) is 3.34. The summed E-state index contributed by atoms with van der Waals surface area (Å²) in [6.07, 6.45) is 7.90. The van der Waals surface area contributed by atoms with E-state index in [9.17, 15) is 4.79 Å². The summed E-state index contributed by atoms with van der Waals surface area (Å²) in [5.41, 5.74) is -0.384. The standard InChI is InChI=1S/C15H23N3O3/c1-20-15(8-4-5-9-15)14-16-12(21-17-14)11-18-10-6-2-3-7-13(18)19/h2-11H2,1H3. The Morgan fingerprint density at radius 2 is 2.05 bits per heavy atom. The molecular formula is C15H23N3O3. The van der Waals surface area contributed by atoms with Crippen molar-refractivity contribution in [1.29, 1.82) is 0 Å². The van der Waals surface area contributed by atoms with Gasteiger partial charge in [0, 0.05) is 20.1 Å². The summed E-state index contributed by atoms with van der Waals surface area (Å²) in [5.74, 6) is 1.35. The fourth-order valence-electron chi connectivity index (χ4n) is 3.34. The summed E-state index contributed by atoms with van der Waals surface area (Å²) in [4.78, 5) is 18.3. The van der Waals surface area contributed by atoms with Gasteiger partial charge >= 0.3 is 0 Å². The molecule has 0 spiro atoms. The third-order valence-electron chi connectivity index (χ3n) is 4.68. The fraction of sp³-hybridized carbons (Fsp3) is 0.800. The molecule has 2 fully saturated rings. The van der Waals surface area contributed by atoms with Crippen molar-refractivity contribution in [2.45, 2.75) is 63.5 Å². The van der Waals surface area contributed by atoms with Gasteiger partial charge in [0.1, 0.15) is 5.60 Å². The lowest BCUT2D eigenvalue weighted by Crippen LogP contribution is -2.30. The molecule has 1 saturated heterocycles. The smallest absolute Gasteiger partial charge is 0.246 e. The topological polar surface area (TPSA) is 68.5 Å². The van der Waals surface area contributed by atoms with Crippen LogP contribution in [0.3, 0.4) is 0 Å². The van der Waals surface area contributed by atoms with Crippen LogP contribution in [0.25, 0.3) is 0 Å². The monoisotopic (exact) mass is 293 g/mol. The molecule has 116 valence electrons. The van der Waals surface area contributed by atoms with Crippen LogP contribution in [0.1, 0.15) is 63.1 Å². The molecule has 0 unspecified atom stereocenters. The highest BCUT2D eigenvalue weighted by molar-refractivity contribution is 5.76. The molecule has 0 aromatic carbocycles. The Bertz CT molecular complexity index is 494. The van der Waals surface area contributed by atoms with Gasteiger partial charge in [-0.15, -0.1) is 0 Å². The second-order valence-electron chi connectivity index (χ2n) is 6.04. The molecule has 0 bridgehead atoms. The number of hydrogen-bond acceptors (Lipinski definition) is 5. The molecule has 1 saturated carbocycles. The first-order valence-corrected chi connectivity index (χ1v) is 7.89. The number of carbonyl (C=O) groups is 1. The number of likely N-dealkylation sites (tertiary alicyclic amines) is 1. The van der Waals surface area contributed by atoms with E-state index in [1.54, 1.807) is 7.11 Å². The largest absolute Gasteiger partial charge is 0.370 e. The first kappa shape index (κ1) is 14.5. The van der Waals surface area contributed by atoms with Crippen molar-refractivity contribution in [1.82, 2.24) is 15.0 Å². The van der Waals surface area contributed by atoms with Gasteiger partial charge in [-0.25, -0.2) is 0 Å². The van der Waals surface area contributed by atoms with E-state index < -0.39 is 0 Å². The van der Waals surface area contributed by atoms with Crippen molar-refractivity contribution in [3.8, 4) is 0 Å². The van der Waals surface area contributed by atoms with Crippen LogP contribution < -0.4 is 0 Å². The molecule has 3 rings (SSSR count). The molecular weight excluding hydrogens is 270 g/mol. The van der Waals surface area contributed by atoms with Crippen LogP contribution in [0.15, 0.2) is 4.52 Å². The lowest BCUT2D eigenvalue weighted by atomic mass is 10.0. The lowest BCUT2D eigenvalue weighted by Gasteiger charge is -2.22. The summed E-state index contributed by atoms with van der Waals surface area (Å²) >= 11 is 0. The van der Waals surface area contributed by atoms with Crippen molar-refractivity contribution in [3.05, 3.63) is 11.7 Å². The third kappa shape index (κ3) is 2.95. The van der Waals surface area contributed by atoms with E-state index in [1.165, 1.54) is 0 Å². The van der Waals surface area contributed by atoms with Crippen molar-refractivity contribution < 1.29 is 14.1 Å². The van der Waals surface area contributed by atoms with Gasteiger partial charge in [-0.05, 0) is 38.5 Å². The Kier molecular flexibility index (Phi) is 4.24. The molecule has 0 N–H and O–H groups in total. The number of carbonyl (C=O) groups excluding carboxylic acids is 1. The van der Waals surface area contributed by atoms with Crippen molar-refractivity contribution in [2.75, 3.05) is 13.7 Å². The van der Waals surface area contributed by atoms with E-state index in [0.717, 1.165) is 51.5 Å². The Morgan fingerprint density at radius 1 is 1.24 bits per heavy atom. The molecule has 1 aliphatic heterocycles. The Hall–Kier alpha value is -1.43. The first-order chi connectivity index (χ1) is 10.2. The van der Waals surface area contributed by atoms with Crippen molar-refractivity contribution >= 4 is 5.91 Å². The number of amides is 1. The number of ether oxygens (including phenoxy) is 1. The first-order valence-electron chi connectivity index (χ1n) is 7.89. The molecule has 0 radical (unpaired) electrons. The van der Waals surface area contributed by atoms with Crippen LogP contribution in [-0.4, -0.2) is 34.6 Å². The zero-order valence-electron chi connectivity index (χ0n) is 12.6. The molecule has 1 amide bonds. The molecule has 6 heteroatoms. The minimum absolute atomic E-state index is 0.189. The Morgan fingerprint density at radius 3 is 2.81 bits per heavy atom. The second-order valence-corrected chi connectivity index (χ2v) is 6.04. The van der Waals surface area contributed by atoms with Crippen LogP contribution in [0.4, 0.5) is 0 Å². The van der Waals surface area contributed by atoms with E-state index >= 15 is 0 Å². The minimum atomic E-state index is -0.384. The van der Waals surface area contributed by atoms with E-state index in [1.807, 2.05) is 4.90 Å². The summed E-state index contributed by atoms with van der Waals surface area (Å²) in [5, 5.41) is 4.11. The van der Waals surface area contributed by atoms with Gasteiger partial charge in [0.25, 0.3) is 0 Å². The maximum absolute atomic E-state index is 12.0. The predicted octanol–water partition coefficient (Wildman–Crippen LogP) is 2.39. The van der Waals surface area contributed by atoms with E-state index in [0.29, 0.717) is 24.7 Å². The van der Waals surface area contributed by atoms with Gasteiger partial charge in [-0.2, -0.15) is 4.98 Å². The SMILES string of the molecule is COC1(c2noc(CN3CCCCCC3=O)n2)CCCC1. The maximum Gasteiger partial charge on any atom is 0.246 e. The van der Waals surface area contributed by atoms with Crippen LogP contribution in [0.2, 0.25) is 0 Å². The number of rotatable bonds is 4. The molecule has 1 aromatic rings. The van der Waals surface area contributed by atoms with Crippen LogP contribution in [0.5, 0.6) is 0 Å². The van der Waals surface area contributed by atoms with Gasteiger partial charge in [-0.3, -0.25) is 4.79 Å². The number of nitrogens with zero attached hydrogens (tertiary/aromatic N) is 3. The highest BCUT2D eigenvalue weighted by Crippen LogP contribution is 2.40. The number of aromatic nitrogens is 2. The average molecular weight is 293 g/mol. The molecule has 6 nitrogen and oxygen atoms in total. The van der Waals surface area contributed by atoms with E-state index in [4.69, 9.17) is 9.26 Å². The predicted molar refractivity (Wildman–Crippen MR) is 75.3 cm³/mol. The minimum Gasteiger partial charge on any atom is -0.370 e. The van der Waals surface area contributed by atoms with Crippen LogP contribution in [-0.2, 0) is 21.7 Å². The van der Waals surface area contributed by atoms with Gasteiger partial charge < -0.3 is 14.2 Å².